The van der Waals surface area contributed by atoms with E-state index in [1.807, 2.05) is 24.8 Å². The highest BCUT2D eigenvalue weighted by atomic mass is 32.2. The summed E-state index contributed by atoms with van der Waals surface area (Å²) < 4.78 is 39.0. The van der Waals surface area contributed by atoms with Crippen molar-refractivity contribution in [2.24, 2.45) is 0 Å². The van der Waals surface area contributed by atoms with Crippen LogP contribution in [0.15, 0.2) is 53.7 Å². The lowest BCUT2D eigenvalue weighted by Crippen LogP contribution is -2.44. The third-order valence-corrected chi connectivity index (χ3v) is 7.25. The minimum Gasteiger partial charge on any atom is -0.475 e. The minimum atomic E-state index is -4.26. The first-order valence-electron chi connectivity index (χ1n) is 12.4. The van der Waals surface area contributed by atoms with E-state index in [1.54, 1.807) is 31.5 Å². The number of methoxy groups -OCH3 is 1. The number of sulfonamides is 1. The van der Waals surface area contributed by atoms with Crippen LogP contribution in [0.3, 0.4) is 0 Å². The number of pyridine rings is 3. The van der Waals surface area contributed by atoms with Crippen LogP contribution in [0.25, 0.3) is 11.3 Å². The second-order valence-electron chi connectivity index (χ2n) is 9.25. The highest BCUT2D eigenvalue weighted by Crippen LogP contribution is 2.30. The molecule has 12 heteroatoms. The van der Waals surface area contributed by atoms with Gasteiger partial charge >= 0.3 is 0 Å². The quantitative estimate of drug-likeness (QED) is 0.415. The van der Waals surface area contributed by atoms with E-state index >= 15 is 0 Å². The minimum absolute atomic E-state index is 0.00787. The molecule has 0 aliphatic carbocycles. The molecule has 38 heavy (non-hydrogen) atoms. The highest BCUT2D eigenvalue weighted by Gasteiger charge is 2.30. The van der Waals surface area contributed by atoms with Gasteiger partial charge in [0.1, 0.15) is 11.6 Å². The topological polar surface area (TPSA) is 150 Å². The lowest BCUT2D eigenvalue weighted by Gasteiger charge is -2.37. The van der Waals surface area contributed by atoms with E-state index in [0.717, 1.165) is 24.8 Å². The molecule has 202 valence electrons. The molecular formula is C26H32N6O5S. The van der Waals surface area contributed by atoms with Crippen LogP contribution in [-0.2, 0) is 14.8 Å². The van der Waals surface area contributed by atoms with Gasteiger partial charge in [-0.1, -0.05) is 6.07 Å². The molecule has 1 aliphatic heterocycles. The van der Waals surface area contributed by atoms with Gasteiger partial charge < -0.3 is 20.1 Å². The van der Waals surface area contributed by atoms with Crippen LogP contribution in [0.1, 0.15) is 43.5 Å². The summed E-state index contributed by atoms with van der Waals surface area (Å²) in [6.45, 7) is 4.94. The van der Waals surface area contributed by atoms with Crippen molar-refractivity contribution in [2.45, 2.75) is 50.3 Å². The van der Waals surface area contributed by atoms with Gasteiger partial charge in [0, 0.05) is 31.5 Å². The Balaban J connectivity index is 1.72. The maximum Gasteiger partial charge on any atom is 0.281 e. The number of hydrogen-bond donors (Lipinski definition) is 2. The van der Waals surface area contributed by atoms with Gasteiger partial charge in [-0.25, -0.2) is 19.7 Å². The number of carbonyl (C=O) groups excluding carboxylic acids is 1. The van der Waals surface area contributed by atoms with Crippen LogP contribution in [0.4, 0.5) is 11.6 Å². The summed E-state index contributed by atoms with van der Waals surface area (Å²) in [7, 11) is -2.64. The lowest BCUT2D eigenvalue weighted by molar-refractivity contribution is 0.0980. The average Bonchev–Trinajstić information content (AvgIpc) is 2.89. The molecule has 0 aromatic carbocycles. The highest BCUT2D eigenvalue weighted by molar-refractivity contribution is 7.90. The summed E-state index contributed by atoms with van der Waals surface area (Å²) in [6.07, 6.45) is 4.42. The number of nitrogens with zero attached hydrogens (tertiary/aromatic N) is 4. The van der Waals surface area contributed by atoms with Gasteiger partial charge in [-0.3, -0.25) is 4.79 Å². The first-order chi connectivity index (χ1) is 18.2. The van der Waals surface area contributed by atoms with E-state index < -0.39 is 15.9 Å². The Morgan fingerprint density at radius 3 is 2.66 bits per heavy atom. The Kier molecular flexibility index (Phi) is 8.42. The molecule has 1 aliphatic rings. The fraction of sp³-hybridized carbons (Fsp3) is 0.385. The summed E-state index contributed by atoms with van der Waals surface area (Å²) in [5.41, 5.74) is 7.07. The number of piperidine rings is 1. The zero-order valence-corrected chi connectivity index (χ0v) is 22.4. The van der Waals surface area contributed by atoms with Crippen LogP contribution in [0.2, 0.25) is 0 Å². The molecule has 0 radical (unpaired) electrons. The molecule has 1 fully saturated rings. The molecule has 1 saturated heterocycles. The number of nitrogens with two attached hydrogens (primary N) is 1. The van der Waals surface area contributed by atoms with Crippen molar-refractivity contribution in [1.29, 1.82) is 0 Å². The van der Waals surface area contributed by atoms with E-state index in [2.05, 4.69) is 14.7 Å². The second-order valence-corrected chi connectivity index (χ2v) is 10.9. The van der Waals surface area contributed by atoms with Crippen LogP contribution in [0.5, 0.6) is 5.88 Å². The standard InChI is InChI=1S/C26H32N6O5S/c1-17(2)37-23-13-10-18(15-28-23)21-12-11-20(25(29-21)32-14-5-4-7-19(32)16-36-3)26(33)31-38(34,35)24-9-6-8-22(27)30-24/h6,8-13,15,17,19H,4-5,7,14,16H2,1-3H3,(H2,27,30)(H,31,33). The molecule has 0 saturated carbocycles. The molecule has 0 bridgehead atoms. The second kappa shape index (κ2) is 11.7. The summed E-state index contributed by atoms with van der Waals surface area (Å²) in [5, 5.41) is -0.345. The van der Waals surface area contributed by atoms with Gasteiger partial charge in [-0.2, -0.15) is 8.42 Å². The van der Waals surface area contributed by atoms with Crippen LogP contribution in [-0.4, -0.2) is 61.7 Å². The van der Waals surface area contributed by atoms with Gasteiger partial charge in [-0.05, 0) is 63.4 Å². The number of aromatic nitrogens is 3. The molecule has 11 nitrogen and oxygen atoms in total. The summed E-state index contributed by atoms with van der Waals surface area (Å²) in [4.78, 5) is 28.4. The number of carbonyl (C=O) groups is 1. The Morgan fingerprint density at radius 1 is 1.16 bits per heavy atom. The number of amides is 1. The predicted molar refractivity (Wildman–Crippen MR) is 143 cm³/mol. The van der Waals surface area contributed by atoms with Gasteiger partial charge in [0.05, 0.1) is 30.0 Å². The fourth-order valence-corrected chi connectivity index (χ4v) is 5.25. The van der Waals surface area contributed by atoms with Crippen molar-refractivity contribution < 1.29 is 22.7 Å². The molecule has 4 heterocycles. The molecule has 3 aromatic heterocycles. The van der Waals surface area contributed by atoms with Crippen molar-refractivity contribution >= 4 is 27.6 Å². The summed E-state index contributed by atoms with van der Waals surface area (Å²) in [6, 6.07) is 11.0. The maximum atomic E-state index is 13.4. The zero-order valence-electron chi connectivity index (χ0n) is 21.6. The van der Waals surface area contributed by atoms with Crippen molar-refractivity contribution in [1.82, 2.24) is 19.7 Å². The number of nitrogen functional groups attached to an aromatic ring is 1. The van der Waals surface area contributed by atoms with Gasteiger partial charge in [-0.15, -0.1) is 0 Å². The summed E-state index contributed by atoms with van der Waals surface area (Å²) in [5.74, 6) is 0.0847. The molecular weight excluding hydrogens is 508 g/mol. The number of anilines is 2. The van der Waals surface area contributed by atoms with Crippen molar-refractivity contribution in [3.8, 4) is 17.1 Å². The number of hydrogen-bond acceptors (Lipinski definition) is 10. The van der Waals surface area contributed by atoms with Crippen molar-refractivity contribution in [3.63, 3.8) is 0 Å². The van der Waals surface area contributed by atoms with Crippen LogP contribution in [0, 0.1) is 0 Å². The molecule has 1 unspecified atom stereocenters. The maximum absolute atomic E-state index is 13.4. The van der Waals surface area contributed by atoms with Crippen molar-refractivity contribution in [3.05, 3.63) is 54.2 Å². The molecule has 3 aromatic rings. The van der Waals surface area contributed by atoms with E-state index in [1.165, 1.54) is 18.2 Å². The molecule has 3 N–H and O–H groups in total. The predicted octanol–water partition coefficient (Wildman–Crippen LogP) is 3.03. The Bertz CT molecular complexity index is 1380. The van der Waals surface area contributed by atoms with Gasteiger partial charge in [0.2, 0.25) is 5.88 Å². The Labute approximate surface area is 222 Å². The van der Waals surface area contributed by atoms with E-state index in [0.29, 0.717) is 30.5 Å². The Hall–Kier alpha value is -3.77. The zero-order chi connectivity index (χ0) is 27.3. The van der Waals surface area contributed by atoms with E-state index in [-0.39, 0.29) is 28.6 Å². The number of ether oxygens (including phenoxy) is 2. The monoisotopic (exact) mass is 540 g/mol. The third-order valence-electron chi connectivity index (χ3n) is 6.01. The number of nitrogens with one attached hydrogen (secondary N) is 1. The molecule has 0 spiro atoms. The Morgan fingerprint density at radius 2 is 1.97 bits per heavy atom. The largest absolute Gasteiger partial charge is 0.475 e. The molecule has 4 rings (SSSR count). The number of rotatable bonds is 9. The SMILES string of the molecule is COCC1CCCCN1c1nc(-c2ccc(OC(C)C)nc2)ccc1C(=O)NS(=O)(=O)c1cccc(N)n1. The van der Waals surface area contributed by atoms with Gasteiger partial charge in [0.15, 0.2) is 5.03 Å². The first kappa shape index (κ1) is 27.3. The van der Waals surface area contributed by atoms with Gasteiger partial charge in [0.25, 0.3) is 15.9 Å². The van der Waals surface area contributed by atoms with Crippen LogP contribution < -0.4 is 20.1 Å². The average molecular weight is 541 g/mol. The van der Waals surface area contributed by atoms with E-state index in [9.17, 15) is 13.2 Å². The fourth-order valence-electron chi connectivity index (χ4n) is 4.30. The van der Waals surface area contributed by atoms with Crippen molar-refractivity contribution in [2.75, 3.05) is 30.9 Å². The third kappa shape index (κ3) is 6.37. The normalized spacial score (nSPS) is 15.9. The molecule has 1 amide bonds. The lowest BCUT2D eigenvalue weighted by atomic mass is 10.0. The summed E-state index contributed by atoms with van der Waals surface area (Å²) >= 11 is 0. The first-order valence-corrected chi connectivity index (χ1v) is 13.9. The van der Waals surface area contributed by atoms with Crippen LogP contribution >= 0.6 is 0 Å². The van der Waals surface area contributed by atoms with E-state index in [4.69, 9.17) is 20.2 Å². The smallest absolute Gasteiger partial charge is 0.281 e. The molecule has 1 atom stereocenters.